The summed E-state index contributed by atoms with van der Waals surface area (Å²) in [5, 5.41) is 2.88. The van der Waals surface area contributed by atoms with Crippen molar-refractivity contribution in [1.82, 2.24) is 4.90 Å². The molecule has 5 nitrogen and oxygen atoms in total. The van der Waals surface area contributed by atoms with Crippen molar-refractivity contribution >= 4 is 17.5 Å². The molecule has 0 unspecified atom stereocenters. The number of hydrogen-bond donors (Lipinski definition) is 2. The first-order chi connectivity index (χ1) is 10.5. The Bertz CT molecular complexity index is 525. The van der Waals surface area contributed by atoms with Gasteiger partial charge in [0.1, 0.15) is 0 Å². The van der Waals surface area contributed by atoms with Gasteiger partial charge in [0.2, 0.25) is 11.8 Å². The molecule has 2 amide bonds. The number of rotatable bonds is 5. The fourth-order valence-corrected chi connectivity index (χ4v) is 2.84. The molecular formula is C17H25N3O2. The molecule has 0 radical (unpaired) electrons. The van der Waals surface area contributed by atoms with Crippen LogP contribution in [0.25, 0.3) is 0 Å². The van der Waals surface area contributed by atoms with Gasteiger partial charge in [0.05, 0.1) is 12.6 Å². The van der Waals surface area contributed by atoms with E-state index < -0.39 is 0 Å². The number of primary amides is 1. The third-order valence-electron chi connectivity index (χ3n) is 4.15. The second kappa shape index (κ2) is 7.40. The maximum absolute atomic E-state index is 12.2. The summed E-state index contributed by atoms with van der Waals surface area (Å²) >= 11 is 0. The Hall–Kier alpha value is -1.88. The molecule has 0 saturated carbocycles. The first-order valence-electron chi connectivity index (χ1n) is 7.90. The number of hydrogen-bond acceptors (Lipinski definition) is 3. The molecule has 1 aromatic carbocycles. The number of anilines is 1. The molecular weight excluding hydrogens is 278 g/mol. The Kier molecular flexibility index (Phi) is 5.55. The number of carbonyl (C=O) groups is 2. The third-order valence-corrected chi connectivity index (χ3v) is 4.15. The maximum Gasteiger partial charge on any atom is 0.238 e. The highest BCUT2D eigenvalue weighted by Crippen LogP contribution is 2.18. The number of likely N-dealkylation sites (tertiary alicyclic amines) is 1. The zero-order valence-corrected chi connectivity index (χ0v) is 13.3. The highest BCUT2D eigenvalue weighted by atomic mass is 16.2. The van der Waals surface area contributed by atoms with Crippen LogP contribution < -0.4 is 11.1 Å². The second-order valence-corrected chi connectivity index (χ2v) is 6.21. The van der Waals surface area contributed by atoms with Crippen molar-refractivity contribution in [2.75, 3.05) is 18.4 Å². The van der Waals surface area contributed by atoms with E-state index in [1.165, 1.54) is 5.56 Å². The fraction of sp³-hybridized carbons (Fsp3) is 0.529. The van der Waals surface area contributed by atoms with Crippen LogP contribution in [-0.2, 0) is 9.59 Å². The number of nitrogens with one attached hydrogen (secondary N) is 1. The molecule has 22 heavy (non-hydrogen) atoms. The summed E-state index contributed by atoms with van der Waals surface area (Å²) < 4.78 is 0. The lowest BCUT2D eigenvalue weighted by molar-refractivity contribution is -0.126. The van der Waals surface area contributed by atoms with Crippen LogP contribution in [0.2, 0.25) is 0 Å². The summed E-state index contributed by atoms with van der Waals surface area (Å²) in [6, 6.07) is 7.55. The lowest BCUT2D eigenvalue weighted by Crippen LogP contribution is -2.50. The lowest BCUT2D eigenvalue weighted by atomic mass is 10.0. The van der Waals surface area contributed by atoms with Crippen LogP contribution in [-0.4, -0.2) is 35.8 Å². The quantitative estimate of drug-likeness (QED) is 0.874. The molecule has 3 N–H and O–H groups in total. The van der Waals surface area contributed by atoms with Gasteiger partial charge in [-0.05, 0) is 43.0 Å². The average molecular weight is 303 g/mol. The largest absolute Gasteiger partial charge is 0.368 e. The standard InChI is InChI=1S/C17H25N3O2/c1-12(2)13-6-8-14(9-7-13)19-16(21)11-20-10-4-3-5-15(20)17(18)22/h6-9,12,15H,3-5,10-11H2,1-2H3,(H2,18,22)(H,19,21)/t15-/m0/s1. The fourth-order valence-electron chi connectivity index (χ4n) is 2.84. The van der Waals surface area contributed by atoms with Crippen molar-refractivity contribution < 1.29 is 9.59 Å². The van der Waals surface area contributed by atoms with E-state index >= 15 is 0 Å². The summed E-state index contributed by atoms with van der Waals surface area (Å²) in [6.07, 6.45) is 2.73. The predicted molar refractivity (Wildman–Crippen MR) is 87.6 cm³/mol. The number of piperidine rings is 1. The van der Waals surface area contributed by atoms with Crippen molar-refractivity contribution in [3.05, 3.63) is 29.8 Å². The maximum atomic E-state index is 12.2. The van der Waals surface area contributed by atoms with Crippen LogP contribution in [0.15, 0.2) is 24.3 Å². The van der Waals surface area contributed by atoms with Crippen LogP contribution in [0.3, 0.4) is 0 Å². The van der Waals surface area contributed by atoms with E-state index in [1.54, 1.807) is 0 Å². The number of nitrogens with two attached hydrogens (primary N) is 1. The van der Waals surface area contributed by atoms with Crippen molar-refractivity contribution in [2.24, 2.45) is 5.73 Å². The normalized spacial score (nSPS) is 19.1. The van der Waals surface area contributed by atoms with Crippen molar-refractivity contribution in [3.8, 4) is 0 Å². The smallest absolute Gasteiger partial charge is 0.238 e. The van der Waals surface area contributed by atoms with Crippen LogP contribution in [0.4, 0.5) is 5.69 Å². The molecule has 1 saturated heterocycles. The minimum Gasteiger partial charge on any atom is -0.368 e. The van der Waals surface area contributed by atoms with Gasteiger partial charge >= 0.3 is 0 Å². The number of carbonyl (C=O) groups excluding carboxylic acids is 2. The van der Waals surface area contributed by atoms with Crippen molar-refractivity contribution in [1.29, 1.82) is 0 Å². The number of amides is 2. The molecule has 1 heterocycles. The molecule has 0 spiro atoms. The summed E-state index contributed by atoms with van der Waals surface area (Å²) in [6.45, 7) is 5.22. The monoisotopic (exact) mass is 303 g/mol. The van der Waals surface area contributed by atoms with Crippen LogP contribution in [0, 0.1) is 0 Å². The van der Waals surface area contributed by atoms with Gasteiger partial charge in [0.15, 0.2) is 0 Å². The minimum atomic E-state index is -0.339. The highest BCUT2D eigenvalue weighted by Gasteiger charge is 2.28. The Morgan fingerprint density at radius 2 is 1.95 bits per heavy atom. The number of benzene rings is 1. The average Bonchev–Trinajstić information content (AvgIpc) is 2.48. The van der Waals surface area contributed by atoms with Crippen LogP contribution in [0.1, 0.15) is 44.6 Å². The SMILES string of the molecule is CC(C)c1ccc(NC(=O)CN2CCCC[C@H]2C(N)=O)cc1. The van der Waals surface area contributed by atoms with Crippen molar-refractivity contribution in [2.45, 2.75) is 45.1 Å². The topological polar surface area (TPSA) is 75.4 Å². The first kappa shape index (κ1) is 16.5. The molecule has 120 valence electrons. The van der Waals surface area contributed by atoms with E-state index in [4.69, 9.17) is 5.73 Å². The molecule has 1 aromatic rings. The van der Waals surface area contributed by atoms with Gasteiger partial charge in [-0.1, -0.05) is 32.4 Å². The van der Waals surface area contributed by atoms with Gasteiger partial charge in [-0.15, -0.1) is 0 Å². The second-order valence-electron chi connectivity index (χ2n) is 6.21. The molecule has 0 aromatic heterocycles. The summed E-state index contributed by atoms with van der Waals surface area (Å²) in [5.74, 6) is 0.0219. The van der Waals surface area contributed by atoms with Crippen molar-refractivity contribution in [3.63, 3.8) is 0 Å². The van der Waals surface area contributed by atoms with Gasteiger partial charge in [-0.2, -0.15) is 0 Å². The molecule has 1 atom stereocenters. The van der Waals surface area contributed by atoms with E-state index in [-0.39, 0.29) is 24.4 Å². The Labute approximate surface area is 131 Å². The van der Waals surface area contributed by atoms with Crippen LogP contribution in [0.5, 0.6) is 0 Å². The first-order valence-corrected chi connectivity index (χ1v) is 7.90. The predicted octanol–water partition coefficient (Wildman–Crippen LogP) is 2.09. The van der Waals surface area contributed by atoms with Gasteiger partial charge in [0.25, 0.3) is 0 Å². The summed E-state index contributed by atoms with van der Waals surface area (Å²) in [7, 11) is 0. The van der Waals surface area contributed by atoms with E-state index in [0.717, 1.165) is 31.5 Å². The molecule has 1 fully saturated rings. The zero-order chi connectivity index (χ0) is 16.1. The Balaban J connectivity index is 1.92. The highest BCUT2D eigenvalue weighted by molar-refractivity contribution is 5.92. The summed E-state index contributed by atoms with van der Waals surface area (Å²) in [4.78, 5) is 25.5. The minimum absolute atomic E-state index is 0.106. The lowest BCUT2D eigenvalue weighted by Gasteiger charge is -2.32. The third kappa shape index (κ3) is 4.31. The number of nitrogens with zero attached hydrogens (tertiary/aromatic N) is 1. The molecule has 0 aliphatic carbocycles. The Morgan fingerprint density at radius 1 is 1.27 bits per heavy atom. The molecule has 1 aliphatic heterocycles. The summed E-state index contributed by atoms with van der Waals surface area (Å²) in [5.41, 5.74) is 7.44. The molecule has 0 bridgehead atoms. The Morgan fingerprint density at radius 3 is 2.55 bits per heavy atom. The van der Waals surface area contributed by atoms with Gasteiger partial charge in [-0.25, -0.2) is 0 Å². The van der Waals surface area contributed by atoms with Gasteiger partial charge in [-0.3, -0.25) is 14.5 Å². The van der Waals surface area contributed by atoms with E-state index in [0.29, 0.717) is 5.92 Å². The molecule has 5 heteroatoms. The molecule has 2 rings (SSSR count). The van der Waals surface area contributed by atoms with E-state index in [2.05, 4.69) is 19.2 Å². The van der Waals surface area contributed by atoms with Gasteiger partial charge in [0, 0.05) is 5.69 Å². The zero-order valence-electron chi connectivity index (χ0n) is 13.3. The van der Waals surface area contributed by atoms with E-state index in [1.807, 2.05) is 29.2 Å². The molecule has 1 aliphatic rings. The van der Waals surface area contributed by atoms with Crippen LogP contribution >= 0.6 is 0 Å². The van der Waals surface area contributed by atoms with Gasteiger partial charge < -0.3 is 11.1 Å². The van der Waals surface area contributed by atoms with E-state index in [9.17, 15) is 9.59 Å².